The molecule has 2 saturated heterocycles. The molecule has 1 N–H and O–H groups in total. The zero-order chi connectivity index (χ0) is 21.7. The Morgan fingerprint density at radius 2 is 1.88 bits per heavy atom. The van der Waals surface area contributed by atoms with Crippen LogP contribution >= 0.6 is 23.5 Å². The smallest absolute Gasteiger partial charge is 0.315 e. The lowest BCUT2D eigenvalue weighted by Gasteiger charge is -2.25. The van der Waals surface area contributed by atoms with E-state index >= 15 is 0 Å². The van der Waals surface area contributed by atoms with Gasteiger partial charge in [-0.1, -0.05) is 11.2 Å². The van der Waals surface area contributed by atoms with Gasteiger partial charge >= 0.3 is 6.01 Å². The number of aryl methyl sites for hydroxylation is 1. The number of fused-ring (bicyclic) bond motifs is 1. The summed E-state index contributed by atoms with van der Waals surface area (Å²) >= 11 is 4.04. The Balaban J connectivity index is 1.38. The number of hydrogen-bond donors (Lipinski definition) is 1. The number of nitrogens with zero attached hydrogens (tertiary/aromatic N) is 3. The van der Waals surface area contributed by atoms with Crippen LogP contribution in [0, 0.1) is 6.92 Å². The third-order valence-corrected chi connectivity index (χ3v) is 9.60. The minimum absolute atomic E-state index is 0.0179. The maximum absolute atomic E-state index is 5.88. The van der Waals surface area contributed by atoms with Gasteiger partial charge in [0.05, 0.1) is 29.4 Å². The molecule has 0 bridgehead atoms. The van der Waals surface area contributed by atoms with Crippen molar-refractivity contribution < 1.29 is 13.9 Å². The second-order valence-corrected chi connectivity index (χ2v) is 12.0. The number of thioether (sulfide) groups is 2. The monoisotopic (exact) mass is 470 g/mol. The van der Waals surface area contributed by atoms with Gasteiger partial charge in [-0.2, -0.15) is 0 Å². The number of benzene rings is 1. The average molecular weight is 471 g/mol. The number of nitrogens with one attached hydrogen (secondary N) is 1. The molecule has 168 valence electrons. The predicted molar refractivity (Wildman–Crippen MR) is 128 cm³/mol. The summed E-state index contributed by atoms with van der Waals surface area (Å²) in [6.45, 7) is 6.18. The van der Waals surface area contributed by atoms with Gasteiger partial charge in [0.1, 0.15) is 5.69 Å². The molecule has 0 unspecified atom stereocenters. The molecular weight excluding hydrogens is 444 g/mol. The molecule has 7 nitrogen and oxygen atoms in total. The molecular formula is C23H26N4O3S2. The summed E-state index contributed by atoms with van der Waals surface area (Å²) in [5.74, 6) is 3.46. The molecule has 1 saturated carbocycles. The molecule has 9 heteroatoms. The molecule has 0 amide bonds. The summed E-state index contributed by atoms with van der Waals surface area (Å²) in [5.41, 5.74) is 5.73. The van der Waals surface area contributed by atoms with E-state index in [-0.39, 0.29) is 10.4 Å². The van der Waals surface area contributed by atoms with Gasteiger partial charge in [0.15, 0.2) is 6.29 Å². The topological polar surface area (TPSA) is 82.3 Å². The van der Waals surface area contributed by atoms with Crippen molar-refractivity contribution in [2.75, 3.05) is 36.6 Å². The molecule has 6 rings (SSSR count). The normalized spacial score (nSPS) is 20.9. The molecule has 1 aliphatic carbocycles. The number of anilines is 1. The van der Waals surface area contributed by atoms with Crippen LogP contribution in [0.25, 0.3) is 22.5 Å². The van der Waals surface area contributed by atoms with Crippen molar-refractivity contribution in [2.45, 2.75) is 43.0 Å². The molecule has 2 aromatic heterocycles. The fourth-order valence-corrected chi connectivity index (χ4v) is 7.29. The number of aromatic nitrogens is 3. The van der Waals surface area contributed by atoms with Crippen molar-refractivity contribution in [2.24, 2.45) is 0 Å². The first kappa shape index (κ1) is 20.8. The third-order valence-electron chi connectivity index (χ3n) is 6.27. The maximum Gasteiger partial charge on any atom is 0.315 e. The lowest BCUT2D eigenvalue weighted by atomic mass is 9.97. The van der Waals surface area contributed by atoms with E-state index in [2.05, 4.69) is 47.6 Å². The highest BCUT2D eigenvalue weighted by molar-refractivity contribution is 8.20. The Kier molecular flexibility index (Phi) is 5.32. The van der Waals surface area contributed by atoms with Gasteiger partial charge in [-0.05, 0) is 55.9 Å². The van der Waals surface area contributed by atoms with Crippen LogP contribution in [-0.4, -0.2) is 52.7 Å². The summed E-state index contributed by atoms with van der Waals surface area (Å²) < 4.78 is 16.8. The van der Waals surface area contributed by atoms with E-state index in [9.17, 15) is 0 Å². The fourth-order valence-electron chi connectivity index (χ4n) is 4.39. The minimum Gasteiger partial charge on any atom is -0.402 e. The summed E-state index contributed by atoms with van der Waals surface area (Å²) in [5, 5.41) is 12.7. The van der Waals surface area contributed by atoms with E-state index in [1.54, 1.807) is 0 Å². The Bertz CT molecular complexity index is 1150. The van der Waals surface area contributed by atoms with Crippen LogP contribution in [0.15, 0.2) is 22.6 Å². The van der Waals surface area contributed by atoms with E-state index in [0.717, 1.165) is 5.52 Å². The highest BCUT2D eigenvalue weighted by atomic mass is 32.2. The lowest BCUT2D eigenvalue weighted by molar-refractivity contribution is -0.0302. The first-order valence-electron chi connectivity index (χ1n) is 11.1. The largest absolute Gasteiger partial charge is 0.402 e. The number of ether oxygens (including phenoxy) is 2. The van der Waals surface area contributed by atoms with Gasteiger partial charge < -0.3 is 19.2 Å². The minimum atomic E-state index is -0.281. The molecule has 0 spiro atoms. The van der Waals surface area contributed by atoms with Crippen LogP contribution in [0.1, 0.15) is 42.4 Å². The fraction of sp³-hybridized carbons (Fsp3) is 0.522. The van der Waals surface area contributed by atoms with Crippen molar-refractivity contribution in [1.29, 1.82) is 0 Å². The van der Waals surface area contributed by atoms with Crippen LogP contribution in [0.3, 0.4) is 0 Å². The second kappa shape index (κ2) is 8.20. The zero-order valence-corrected chi connectivity index (χ0v) is 19.9. The zero-order valence-electron chi connectivity index (χ0n) is 18.2. The first-order chi connectivity index (χ1) is 15.6. The highest BCUT2D eigenvalue weighted by Crippen LogP contribution is 2.54. The molecule has 32 heavy (non-hydrogen) atoms. The molecule has 0 radical (unpaired) electrons. The Labute approximate surface area is 195 Å². The van der Waals surface area contributed by atoms with E-state index < -0.39 is 0 Å². The third kappa shape index (κ3) is 3.89. The Morgan fingerprint density at radius 1 is 1.09 bits per heavy atom. The van der Waals surface area contributed by atoms with E-state index in [4.69, 9.17) is 18.9 Å². The SMILES string of the molecule is Cc1cc(-c2nnc(NCC3OCCO3)o2)nc2c(C3(C)SCCS3)cc(C3CC3)cc12. The molecule has 2 aliphatic heterocycles. The van der Waals surface area contributed by atoms with Crippen LogP contribution in [0.5, 0.6) is 0 Å². The highest BCUT2D eigenvalue weighted by Gasteiger charge is 2.36. The van der Waals surface area contributed by atoms with Gasteiger partial charge in [0.2, 0.25) is 0 Å². The molecule has 1 aromatic carbocycles. The van der Waals surface area contributed by atoms with E-state index in [1.165, 1.54) is 46.4 Å². The Morgan fingerprint density at radius 3 is 2.62 bits per heavy atom. The molecule has 0 atom stereocenters. The molecule has 3 aliphatic rings. The number of hydrogen-bond acceptors (Lipinski definition) is 9. The quantitative estimate of drug-likeness (QED) is 0.540. The Hall–Kier alpha value is -1.81. The summed E-state index contributed by atoms with van der Waals surface area (Å²) in [6.07, 6.45) is 2.30. The van der Waals surface area contributed by atoms with Gasteiger partial charge in [0.25, 0.3) is 5.89 Å². The van der Waals surface area contributed by atoms with E-state index in [0.29, 0.717) is 43.3 Å². The van der Waals surface area contributed by atoms with Gasteiger partial charge in [-0.15, -0.1) is 28.6 Å². The maximum atomic E-state index is 5.88. The van der Waals surface area contributed by atoms with Crippen LogP contribution in [0.4, 0.5) is 6.01 Å². The summed E-state index contributed by atoms with van der Waals surface area (Å²) in [7, 11) is 0. The van der Waals surface area contributed by atoms with Crippen molar-refractivity contribution in [3.05, 3.63) is 34.9 Å². The standard InChI is InChI=1S/C23H26N4O3S2/c1-13-9-18(21-26-27-22(30-21)24-12-19-28-5-6-29-19)25-20-16(13)10-15(14-3-4-14)11-17(20)23(2)31-7-8-32-23/h9-11,14,19H,3-8,12H2,1-2H3,(H,24,27). The van der Waals surface area contributed by atoms with Crippen LogP contribution in [0.2, 0.25) is 0 Å². The van der Waals surface area contributed by atoms with Gasteiger partial charge in [-0.25, -0.2) is 4.98 Å². The van der Waals surface area contributed by atoms with E-state index in [1.807, 2.05) is 23.5 Å². The predicted octanol–water partition coefficient (Wildman–Crippen LogP) is 4.91. The van der Waals surface area contributed by atoms with Crippen LogP contribution < -0.4 is 5.32 Å². The lowest BCUT2D eigenvalue weighted by Crippen LogP contribution is -2.20. The number of pyridine rings is 1. The van der Waals surface area contributed by atoms with Crippen molar-refractivity contribution in [3.63, 3.8) is 0 Å². The summed E-state index contributed by atoms with van der Waals surface area (Å²) in [6, 6.07) is 7.15. The second-order valence-electron chi connectivity index (χ2n) is 8.67. The molecule has 3 aromatic rings. The summed E-state index contributed by atoms with van der Waals surface area (Å²) in [4.78, 5) is 5.07. The number of rotatable bonds is 6. The van der Waals surface area contributed by atoms with Crippen molar-refractivity contribution >= 4 is 40.4 Å². The average Bonchev–Trinajstić information content (AvgIpc) is 3.17. The molecule has 3 fully saturated rings. The van der Waals surface area contributed by atoms with Crippen molar-refractivity contribution in [3.8, 4) is 11.6 Å². The van der Waals surface area contributed by atoms with Gasteiger partial charge in [-0.3, -0.25) is 0 Å². The first-order valence-corrected chi connectivity index (χ1v) is 13.1. The molecule has 4 heterocycles. The van der Waals surface area contributed by atoms with Gasteiger partial charge in [0, 0.05) is 22.5 Å². The van der Waals surface area contributed by atoms with Crippen molar-refractivity contribution in [1.82, 2.24) is 15.2 Å². The van der Waals surface area contributed by atoms with Crippen LogP contribution in [-0.2, 0) is 13.6 Å².